The van der Waals surface area contributed by atoms with Crippen LogP contribution in [0.2, 0.25) is 0 Å². The van der Waals surface area contributed by atoms with Gasteiger partial charge in [-0.3, -0.25) is 0 Å². The normalized spacial score (nSPS) is 10.3. The fourth-order valence-corrected chi connectivity index (χ4v) is 2.90. The quantitative estimate of drug-likeness (QED) is 0.409. The van der Waals surface area contributed by atoms with E-state index in [0.29, 0.717) is 0 Å². The first-order valence-electron chi connectivity index (χ1n) is 8.71. The lowest BCUT2D eigenvalue weighted by atomic mass is 10.1. The molecule has 0 aliphatic heterocycles. The van der Waals surface area contributed by atoms with E-state index in [2.05, 4.69) is 108 Å². The molecule has 0 heterocycles. The number of hydrogen-bond donors (Lipinski definition) is 2. The van der Waals surface area contributed by atoms with E-state index in [-0.39, 0.29) is 0 Å². The fourth-order valence-electron chi connectivity index (χ4n) is 2.90. The van der Waals surface area contributed by atoms with Crippen LogP contribution in [0.15, 0.2) is 109 Å². The highest BCUT2D eigenvalue weighted by Gasteiger charge is 1.99. The average molecular weight is 336 g/mol. The highest BCUT2D eigenvalue weighted by atomic mass is 15.4. The summed E-state index contributed by atoms with van der Waals surface area (Å²) in [4.78, 5) is 0. The van der Waals surface area contributed by atoms with E-state index in [4.69, 9.17) is 0 Å². The molecular formula is C24H20N2. The van der Waals surface area contributed by atoms with Crippen LogP contribution >= 0.6 is 0 Å². The Kier molecular flexibility index (Phi) is 4.66. The molecule has 126 valence electrons. The van der Waals surface area contributed by atoms with Gasteiger partial charge in [0.1, 0.15) is 0 Å². The molecule has 0 unspecified atom stereocenters. The van der Waals surface area contributed by atoms with Crippen molar-refractivity contribution in [3.63, 3.8) is 0 Å². The van der Waals surface area contributed by atoms with Crippen LogP contribution in [0.5, 0.6) is 0 Å². The summed E-state index contributed by atoms with van der Waals surface area (Å²) in [5.74, 6) is 0. The van der Waals surface area contributed by atoms with Crippen molar-refractivity contribution in [2.45, 2.75) is 0 Å². The maximum absolute atomic E-state index is 3.25. The van der Waals surface area contributed by atoms with Crippen LogP contribution in [-0.4, -0.2) is 0 Å². The number of benzene rings is 4. The minimum atomic E-state index is 1.02. The fraction of sp³-hybridized carbons (Fsp3) is 0. The van der Waals surface area contributed by atoms with Crippen LogP contribution < -0.4 is 10.9 Å². The van der Waals surface area contributed by atoms with Gasteiger partial charge >= 0.3 is 0 Å². The smallest absolute Gasteiger partial charge is 0.0540 e. The molecule has 2 heteroatoms. The summed E-state index contributed by atoms with van der Waals surface area (Å²) in [6.45, 7) is 0. The lowest BCUT2D eigenvalue weighted by Gasteiger charge is -2.11. The molecule has 2 nitrogen and oxygen atoms in total. The van der Waals surface area contributed by atoms with Crippen molar-refractivity contribution in [2.75, 3.05) is 10.9 Å². The topological polar surface area (TPSA) is 24.1 Å². The van der Waals surface area contributed by atoms with Crippen molar-refractivity contribution in [3.05, 3.63) is 109 Å². The highest BCUT2D eigenvalue weighted by molar-refractivity contribution is 5.68. The number of rotatable bonds is 5. The monoisotopic (exact) mass is 336 g/mol. The minimum absolute atomic E-state index is 1.02. The molecule has 0 bridgehead atoms. The first-order chi connectivity index (χ1) is 12.9. The number of anilines is 2. The van der Waals surface area contributed by atoms with E-state index in [1.165, 1.54) is 22.3 Å². The molecular weight excluding hydrogens is 316 g/mol. The molecule has 0 saturated heterocycles. The van der Waals surface area contributed by atoms with Gasteiger partial charge in [0.25, 0.3) is 0 Å². The van der Waals surface area contributed by atoms with Crippen LogP contribution in [0.1, 0.15) is 0 Å². The molecule has 0 aliphatic rings. The van der Waals surface area contributed by atoms with Gasteiger partial charge in [0, 0.05) is 0 Å². The Morgan fingerprint density at radius 2 is 0.615 bits per heavy atom. The zero-order chi connectivity index (χ0) is 17.6. The second kappa shape index (κ2) is 7.58. The molecule has 0 fully saturated rings. The summed E-state index contributed by atoms with van der Waals surface area (Å²) in [6, 6.07) is 37.6. The lowest BCUT2D eigenvalue weighted by Crippen LogP contribution is -2.08. The predicted octanol–water partition coefficient (Wildman–Crippen LogP) is 6.46. The van der Waals surface area contributed by atoms with Crippen molar-refractivity contribution >= 4 is 11.4 Å². The largest absolute Gasteiger partial charge is 0.301 e. The molecule has 0 aromatic heterocycles. The molecule has 0 atom stereocenters. The Balaban J connectivity index is 1.40. The third kappa shape index (κ3) is 3.76. The molecule has 4 aromatic rings. The molecule has 0 saturated carbocycles. The van der Waals surface area contributed by atoms with Crippen molar-refractivity contribution < 1.29 is 0 Å². The van der Waals surface area contributed by atoms with Gasteiger partial charge < -0.3 is 10.9 Å². The third-order valence-corrected chi connectivity index (χ3v) is 4.34. The van der Waals surface area contributed by atoms with E-state index in [1.807, 2.05) is 12.1 Å². The summed E-state index contributed by atoms with van der Waals surface area (Å²) in [6.07, 6.45) is 0. The lowest BCUT2D eigenvalue weighted by molar-refractivity contribution is 1.41. The van der Waals surface area contributed by atoms with Gasteiger partial charge in [-0.1, -0.05) is 84.9 Å². The molecule has 0 amide bonds. The number of nitrogens with one attached hydrogen (secondary N) is 2. The number of hydrazine groups is 1. The van der Waals surface area contributed by atoms with E-state index >= 15 is 0 Å². The van der Waals surface area contributed by atoms with E-state index < -0.39 is 0 Å². The summed E-state index contributed by atoms with van der Waals surface area (Å²) >= 11 is 0. The van der Waals surface area contributed by atoms with E-state index in [9.17, 15) is 0 Å². The second-order valence-corrected chi connectivity index (χ2v) is 6.14. The standard InChI is InChI=1S/C24H20N2/c1-3-7-19(8-4-1)21-11-15-23(16-12-21)25-26-24-17-13-22(14-18-24)20-9-5-2-6-10-20/h1-18,25-26H. The van der Waals surface area contributed by atoms with Crippen LogP contribution in [0, 0.1) is 0 Å². The van der Waals surface area contributed by atoms with Gasteiger partial charge in [-0.2, -0.15) is 0 Å². The molecule has 4 aromatic carbocycles. The maximum Gasteiger partial charge on any atom is 0.0540 e. The molecule has 4 rings (SSSR count). The molecule has 0 radical (unpaired) electrons. The van der Waals surface area contributed by atoms with E-state index in [1.54, 1.807) is 0 Å². The van der Waals surface area contributed by atoms with Crippen LogP contribution in [0.25, 0.3) is 22.3 Å². The molecule has 0 aliphatic carbocycles. The van der Waals surface area contributed by atoms with Gasteiger partial charge in [0.05, 0.1) is 11.4 Å². The van der Waals surface area contributed by atoms with Crippen LogP contribution in [0.3, 0.4) is 0 Å². The van der Waals surface area contributed by atoms with Gasteiger partial charge in [-0.05, 0) is 46.5 Å². The van der Waals surface area contributed by atoms with Crippen LogP contribution in [-0.2, 0) is 0 Å². The average Bonchev–Trinajstić information content (AvgIpc) is 2.74. The first kappa shape index (κ1) is 16.0. The van der Waals surface area contributed by atoms with Gasteiger partial charge in [-0.15, -0.1) is 0 Å². The van der Waals surface area contributed by atoms with Crippen molar-refractivity contribution in [3.8, 4) is 22.3 Å². The molecule has 0 spiro atoms. The Morgan fingerprint density at radius 1 is 0.308 bits per heavy atom. The summed E-state index contributed by atoms with van der Waals surface area (Å²) in [7, 11) is 0. The molecule has 26 heavy (non-hydrogen) atoms. The molecule has 2 N–H and O–H groups in total. The van der Waals surface area contributed by atoms with Crippen molar-refractivity contribution in [1.29, 1.82) is 0 Å². The Morgan fingerprint density at radius 3 is 0.962 bits per heavy atom. The predicted molar refractivity (Wildman–Crippen MR) is 111 cm³/mol. The first-order valence-corrected chi connectivity index (χ1v) is 8.71. The zero-order valence-electron chi connectivity index (χ0n) is 14.4. The summed E-state index contributed by atoms with van der Waals surface area (Å²) in [5, 5.41) is 0. The Hall–Kier alpha value is -3.52. The Bertz CT molecular complexity index is 861. The van der Waals surface area contributed by atoms with E-state index in [0.717, 1.165) is 11.4 Å². The maximum atomic E-state index is 3.25. The second-order valence-electron chi connectivity index (χ2n) is 6.14. The highest BCUT2D eigenvalue weighted by Crippen LogP contribution is 2.23. The zero-order valence-corrected chi connectivity index (χ0v) is 14.4. The summed E-state index contributed by atoms with van der Waals surface area (Å²) < 4.78 is 0. The summed E-state index contributed by atoms with van der Waals surface area (Å²) in [5.41, 5.74) is 13.4. The van der Waals surface area contributed by atoms with Gasteiger partial charge in [0.15, 0.2) is 0 Å². The number of hydrogen-bond acceptors (Lipinski definition) is 2. The van der Waals surface area contributed by atoms with Gasteiger partial charge in [-0.25, -0.2) is 0 Å². The van der Waals surface area contributed by atoms with Crippen molar-refractivity contribution in [1.82, 2.24) is 0 Å². The van der Waals surface area contributed by atoms with Crippen LogP contribution in [0.4, 0.5) is 11.4 Å². The van der Waals surface area contributed by atoms with Gasteiger partial charge in [0.2, 0.25) is 0 Å². The third-order valence-electron chi connectivity index (χ3n) is 4.34. The minimum Gasteiger partial charge on any atom is -0.301 e. The SMILES string of the molecule is c1ccc(-c2ccc(NNc3ccc(-c4ccccc4)cc3)cc2)cc1. The van der Waals surface area contributed by atoms with Crippen molar-refractivity contribution in [2.24, 2.45) is 0 Å². The Labute approximate surface area is 154 Å².